The van der Waals surface area contributed by atoms with E-state index in [2.05, 4.69) is 36.7 Å². The number of benzene rings is 1. The summed E-state index contributed by atoms with van der Waals surface area (Å²) < 4.78 is 1.42. The molecule has 80 valence electrons. The zero-order valence-corrected chi connectivity index (χ0v) is 10.4. The highest BCUT2D eigenvalue weighted by atomic mass is 32.1. The topological polar surface area (TPSA) is 12.0 Å². The van der Waals surface area contributed by atoms with E-state index in [4.69, 9.17) is 0 Å². The van der Waals surface area contributed by atoms with E-state index < -0.39 is 0 Å². The summed E-state index contributed by atoms with van der Waals surface area (Å²) in [7, 11) is 2.00. The van der Waals surface area contributed by atoms with Crippen LogP contribution in [0.15, 0.2) is 17.5 Å². The first-order valence-corrected chi connectivity index (χ1v) is 6.22. The maximum Gasteiger partial charge on any atom is 0.0348 e. The second-order valence-electron chi connectivity index (χ2n) is 4.05. The van der Waals surface area contributed by atoms with Crippen LogP contribution in [-0.2, 0) is 6.42 Å². The highest BCUT2D eigenvalue weighted by Gasteiger charge is 2.05. The first kappa shape index (κ1) is 10.7. The lowest BCUT2D eigenvalue weighted by molar-refractivity contribution is 0.796. The van der Waals surface area contributed by atoms with E-state index in [1.54, 1.807) is 0 Å². The molecule has 15 heavy (non-hydrogen) atoms. The third-order valence-corrected chi connectivity index (χ3v) is 3.91. The Hall–Kier alpha value is -0.860. The van der Waals surface area contributed by atoms with Gasteiger partial charge in [-0.15, -0.1) is 11.3 Å². The van der Waals surface area contributed by atoms with Crippen molar-refractivity contribution < 1.29 is 0 Å². The van der Waals surface area contributed by atoms with Crippen molar-refractivity contribution in [1.82, 2.24) is 5.32 Å². The minimum Gasteiger partial charge on any atom is -0.319 e. The zero-order chi connectivity index (χ0) is 10.8. The van der Waals surface area contributed by atoms with Crippen molar-refractivity contribution >= 4 is 21.4 Å². The minimum atomic E-state index is 1.05. The van der Waals surface area contributed by atoms with Gasteiger partial charge in [0, 0.05) is 4.70 Å². The molecule has 1 N–H and O–H groups in total. The molecule has 1 aromatic carbocycles. The maximum atomic E-state index is 3.20. The molecule has 2 heteroatoms. The van der Waals surface area contributed by atoms with Crippen LogP contribution in [0.2, 0.25) is 0 Å². The number of likely N-dealkylation sites (N-methyl/N-ethyl adjacent to an activating group) is 1. The van der Waals surface area contributed by atoms with Gasteiger partial charge in [-0.25, -0.2) is 0 Å². The number of fused-ring (bicyclic) bond motifs is 1. The summed E-state index contributed by atoms with van der Waals surface area (Å²) in [5, 5.41) is 6.94. The predicted molar refractivity (Wildman–Crippen MR) is 68.9 cm³/mol. The van der Waals surface area contributed by atoms with Crippen LogP contribution >= 0.6 is 11.3 Å². The number of hydrogen-bond acceptors (Lipinski definition) is 2. The summed E-state index contributed by atoms with van der Waals surface area (Å²) in [6, 6.07) is 4.63. The molecule has 0 bridgehead atoms. The van der Waals surface area contributed by atoms with Crippen LogP contribution < -0.4 is 5.32 Å². The molecule has 0 aliphatic heterocycles. The lowest BCUT2D eigenvalue weighted by Gasteiger charge is -2.02. The Morgan fingerprint density at radius 1 is 1.20 bits per heavy atom. The fourth-order valence-corrected chi connectivity index (χ4v) is 2.87. The van der Waals surface area contributed by atoms with Gasteiger partial charge in [0.1, 0.15) is 0 Å². The Balaban J connectivity index is 2.45. The Labute approximate surface area is 95.1 Å². The van der Waals surface area contributed by atoms with Crippen LogP contribution in [-0.4, -0.2) is 13.6 Å². The van der Waals surface area contributed by atoms with E-state index in [1.165, 1.54) is 26.8 Å². The molecule has 0 saturated carbocycles. The quantitative estimate of drug-likeness (QED) is 0.835. The fraction of sp³-hybridized carbons (Fsp3) is 0.385. The van der Waals surface area contributed by atoms with E-state index in [0.717, 1.165) is 13.0 Å². The van der Waals surface area contributed by atoms with E-state index in [1.807, 2.05) is 18.4 Å². The van der Waals surface area contributed by atoms with Crippen molar-refractivity contribution in [3.8, 4) is 0 Å². The highest BCUT2D eigenvalue weighted by molar-refractivity contribution is 7.17. The largest absolute Gasteiger partial charge is 0.319 e. The highest BCUT2D eigenvalue weighted by Crippen LogP contribution is 2.28. The normalized spacial score (nSPS) is 11.1. The summed E-state index contributed by atoms with van der Waals surface area (Å²) in [5.74, 6) is 0. The van der Waals surface area contributed by atoms with Gasteiger partial charge in [-0.1, -0.05) is 6.07 Å². The van der Waals surface area contributed by atoms with Crippen molar-refractivity contribution in [2.24, 2.45) is 0 Å². The molecular weight excluding hydrogens is 202 g/mol. The first-order chi connectivity index (χ1) is 7.22. The number of nitrogens with one attached hydrogen (secondary N) is 1. The van der Waals surface area contributed by atoms with Gasteiger partial charge in [0.15, 0.2) is 0 Å². The Kier molecular flexibility index (Phi) is 3.08. The van der Waals surface area contributed by atoms with Crippen LogP contribution in [0.25, 0.3) is 10.1 Å². The Bertz CT molecular complexity index is 471. The molecule has 0 amide bonds. The Morgan fingerprint density at radius 3 is 2.67 bits per heavy atom. The van der Waals surface area contributed by atoms with Crippen molar-refractivity contribution in [1.29, 1.82) is 0 Å². The van der Waals surface area contributed by atoms with Crippen molar-refractivity contribution in [3.05, 3.63) is 34.2 Å². The zero-order valence-electron chi connectivity index (χ0n) is 9.55. The van der Waals surface area contributed by atoms with E-state index in [-0.39, 0.29) is 0 Å². The molecule has 1 nitrogen and oxygen atoms in total. The summed E-state index contributed by atoms with van der Waals surface area (Å²) >= 11 is 1.86. The average Bonchev–Trinajstić information content (AvgIpc) is 2.59. The first-order valence-electron chi connectivity index (χ1n) is 5.34. The predicted octanol–water partition coefficient (Wildman–Crippen LogP) is 3.28. The Morgan fingerprint density at radius 2 is 1.93 bits per heavy atom. The molecule has 0 aliphatic carbocycles. The van der Waals surface area contributed by atoms with E-state index in [9.17, 15) is 0 Å². The lowest BCUT2D eigenvalue weighted by Crippen LogP contribution is -2.09. The van der Waals surface area contributed by atoms with Gasteiger partial charge < -0.3 is 5.32 Å². The summed E-state index contributed by atoms with van der Waals surface area (Å²) in [5.41, 5.74) is 4.27. The number of aryl methyl sites for hydroxylation is 2. The van der Waals surface area contributed by atoms with Crippen molar-refractivity contribution in [2.75, 3.05) is 13.6 Å². The molecular formula is C13H17NS. The molecule has 0 aliphatic rings. The maximum absolute atomic E-state index is 3.20. The monoisotopic (exact) mass is 219 g/mol. The van der Waals surface area contributed by atoms with Gasteiger partial charge >= 0.3 is 0 Å². The number of hydrogen-bond donors (Lipinski definition) is 1. The van der Waals surface area contributed by atoms with Crippen molar-refractivity contribution in [2.45, 2.75) is 20.3 Å². The van der Waals surface area contributed by atoms with Crippen LogP contribution in [0.4, 0.5) is 0 Å². The van der Waals surface area contributed by atoms with Gasteiger partial charge in [-0.05, 0) is 67.4 Å². The lowest BCUT2D eigenvalue weighted by atomic mass is 10.0. The van der Waals surface area contributed by atoms with Gasteiger partial charge in [0.2, 0.25) is 0 Å². The van der Waals surface area contributed by atoms with Gasteiger partial charge in [-0.3, -0.25) is 0 Å². The molecule has 0 saturated heterocycles. The third-order valence-electron chi connectivity index (χ3n) is 2.91. The molecule has 0 radical (unpaired) electrons. The molecule has 0 atom stereocenters. The molecule has 2 aromatic rings. The molecule has 0 fully saturated rings. The molecule has 1 aromatic heterocycles. The van der Waals surface area contributed by atoms with Crippen LogP contribution in [0.5, 0.6) is 0 Å². The van der Waals surface area contributed by atoms with Crippen molar-refractivity contribution in [3.63, 3.8) is 0 Å². The summed E-state index contributed by atoms with van der Waals surface area (Å²) in [6.07, 6.45) is 1.12. The van der Waals surface area contributed by atoms with Gasteiger partial charge in [0.05, 0.1) is 0 Å². The van der Waals surface area contributed by atoms with Crippen LogP contribution in [0, 0.1) is 13.8 Å². The van der Waals surface area contributed by atoms with E-state index >= 15 is 0 Å². The molecule has 0 spiro atoms. The van der Waals surface area contributed by atoms with Crippen LogP contribution in [0.3, 0.4) is 0 Å². The standard InChI is InChI=1S/C13H17NS/c1-9-6-12-11(4-5-14-3)8-15-13(12)7-10(9)2/h6-8,14H,4-5H2,1-3H3. The fourth-order valence-electron chi connectivity index (χ4n) is 1.79. The summed E-state index contributed by atoms with van der Waals surface area (Å²) in [6.45, 7) is 5.43. The van der Waals surface area contributed by atoms with Gasteiger partial charge in [0.25, 0.3) is 0 Å². The third kappa shape index (κ3) is 2.06. The van der Waals surface area contributed by atoms with Crippen LogP contribution in [0.1, 0.15) is 16.7 Å². The number of rotatable bonds is 3. The van der Waals surface area contributed by atoms with Gasteiger partial charge in [-0.2, -0.15) is 0 Å². The number of thiophene rings is 1. The molecule has 0 unspecified atom stereocenters. The average molecular weight is 219 g/mol. The summed E-state index contributed by atoms with van der Waals surface area (Å²) in [4.78, 5) is 0. The molecule has 1 heterocycles. The van der Waals surface area contributed by atoms with E-state index in [0.29, 0.717) is 0 Å². The SMILES string of the molecule is CNCCc1csc2cc(C)c(C)cc12. The molecule has 2 rings (SSSR count). The smallest absolute Gasteiger partial charge is 0.0348 e. The second-order valence-corrected chi connectivity index (χ2v) is 4.96. The second kappa shape index (κ2) is 4.33. The minimum absolute atomic E-state index is 1.05.